The van der Waals surface area contributed by atoms with Gasteiger partial charge in [0.15, 0.2) is 5.03 Å². The van der Waals surface area contributed by atoms with Crippen molar-refractivity contribution in [3.05, 3.63) is 41.6 Å². The van der Waals surface area contributed by atoms with Crippen LogP contribution < -0.4 is 10.0 Å². The fraction of sp³-hybridized carbons (Fsp3) is 0.250. The van der Waals surface area contributed by atoms with Gasteiger partial charge < -0.3 is 5.73 Å². The van der Waals surface area contributed by atoms with E-state index >= 15 is 0 Å². The van der Waals surface area contributed by atoms with Gasteiger partial charge in [-0.25, -0.2) is 0 Å². The maximum Gasteiger partial charge on any atom is 0.281 e. The lowest BCUT2D eigenvalue weighted by molar-refractivity contribution is 0.589. The van der Waals surface area contributed by atoms with E-state index in [4.69, 9.17) is 5.73 Å². The van der Waals surface area contributed by atoms with Gasteiger partial charge in [-0.2, -0.15) is 13.5 Å². The SMILES string of the molecule is Cc1ccc(N(C)S(=O)(=O)c2[nH]ncc2CN)cc1. The molecule has 0 radical (unpaired) electrons. The fourth-order valence-electron chi connectivity index (χ4n) is 1.70. The molecule has 0 unspecified atom stereocenters. The first-order valence-corrected chi connectivity index (χ1v) is 7.18. The molecule has 19 heavy (non-hydrogen) atoms. The zero-order valence-electron chi connectivity index (χ0n) is 10.8. The Morgan fingerprint density at radius 3 is 2.53 bits per heavy atom. The van der Waals surface area contributed by atoms with Gasteiger partial charge in [-0.1, -0.05) is 17.7 Å². The van der Waals surface area contributed by atoms with Crippen molar-refractivity contribution in [2.75, 3.05) is 11.4 Å². The second-order valence-electron chi connectivity index (χ2n) is 4.24. The molecule has 0 saturated carbocycles. The van der Waals surface area contributed by atoms with Gasteiger partial charge in [-0.3, -0.25) is 9.40 Å². The zero-order chi connectivity index (χ0) is 14.0. The van der Waals surface area contributed by atoms with Gasteiger partial charge in [0, 0.05) is 19.2 Å². The first-order chi connectivity index (χ1) is 8.96. The van der Waals surface area contributed by atoms with Crippen molar-refractivity contribution in [1.82, 2.24) is 10.2 Å². The van der Waals surface area contributed by atoms with Crippen LogP contribution in [0.2, 0.25) is 0 Å². The Labute approximate surface area is 112 Å². The lowest BCUT2D eigenvalue weighted by atomic mass is 10.2. The third-order valence-electron chi connectivity index (χ3n) is 2.91. The molecule has 0 amide bonds. The summed E-state index contributed by atoms with van der Waals surface area (Å²) in [5, 5.41) is 6.28. The van der Waals surface area contributed by atoms with E-state index in [0.717, 1.165) is 5.56 Å². The molecule has 0 fully saturated rings. The van der Waals surface area contributed by atoms with Crippen LogP contribution in [0.15, 0.2) is 35.5 Å². The highest BCUT2D eigenvalue weighted by Crippen LogP contribution is 2.22. The molecule has 6 nitrogen and oxygen atoms in total. The van der Waals surface area contributed by atoms with Crippen LogP contribution in [-0.4, -0.2) is 25.7 Å². The van der Waals surface area contributed by atoms with E-state index in [9.17, 15) is 8.42 Å². The summed E-state index contributed by atoms with van der Waals surface area (Å²) in [5.74, 6) is 0. The van der Waals surface area contributed by atoms with Crippen LogP contribution in [0.3, 0.4) is 0 Å². The normalized spacial score (nSPS) is 11.5. The van der Waals surface area contributed by atoms with Crippen LogP contribution in [-0.2, 0) is 16.6 Å². The van der Waals surface area contributed by atoms with Crippen LogP contribution in [0.4, 0.5) is 5.69 Å². The Balaban J connectivity index is 2.42. The maximum atomic E-state index is 12.5. The molecule has 0 saturated heterocycles. The number of sulfonamides is 1. The molecule has 7 heteroatoms. The number of aryl methyl sites for hydroxylation is 1. The van der Waals surface area contributed by atoms with Gasteiger partial charge in [-0.05, 0) is 19.1 Å². The molecule has 0 atom stereocenters. The van der Waals surface area contributed by atoms with E-state index < -0.39 is 10.0 Å². The van der Waals surface area contributed by atoms with E-state index in [0.29, 0.717) is 11.3 Å². The Hall–Kier alpha value is -1.86. The quantitative estimate of drug-likeness (QED) is 0.874. The van der Waals surface area contributed by atoms with Crippen LogP contribution in [0.1, 0.15) is 11.1 Å². The largest absolute Gasteiger partial charge is 0.326 e. The smallest absolute Gasteiger partial charge is 0.281 e. The lowest BCUT2D eigenvalue weighted by Gasteiger charge is -2.19. The number of aromatic amines is 1. The average Bonchev–Trinajstić information content (AvgIpc) is 2.87. The summed E-state index contributed by atoms with van der Waals surface area (Å²) < 4.78 is 26.1. The number of benzene rings is 1. The Bertz CT molecular complexity index is 661. The van der Waals surface area contributed by atoms with E-state index in [-0.39, 0.29) is 11.6 Å². The Kier molecular flexibility index (Phi) is 3.59. The molecular weight excluding hydrogens is 264 g/mol. The van der Waals surface area contributed by atoms with Crippen molar-refractivity contribution in [3.63, 3.8) is 0 Å². The number of H-pyrrole nitrogens is 1. The standard InChI is InChI=1S/C12H16N4O2S/c1-9-3-5-11(6-4-9)16(2)19(17,18)12-10(7-13)8-14-15-12/h3-6,8H,7,13H2,1-2H3,(H,14,15). The summed E-state index contributed by atoms with van der Waals surface area (Å²) in [6.45, 7) is 2.06. The van der Waals surface area contributed by atoms with Gasteiger partial charge >= 0.3 is 0 Å². The minimum Gasteiger partial charge on any atom is -0.326 e. The summed E-state index contributed by atoms with van der Waals surface area (Å²) in [6, 6.07) is 7.23. The molecule has 0 aliphatic rings. The molecule has 0 aliphatic heterocycles. The average molecular weight is 280 g/mol. The summed E-state index contributed by atoms with van der Waals surface area (Å²) in [7, 11) is -2.17. The third-order valence-corrected chi connectivity index (χ3v) is 4.72. The van der Waals surface area contributed by atoms with Gasteiger partial charge in [0.2, 0.25) is 0 Å². The van der Waals surface area contributed by atoms with Gasteiger partial charge in [0.1, 0.15) is 0 Å². The van der Waals surface area contributed by atoms with Gasteiger partial charge in [-0.15, -0.1) is 0 Å². The molecule has 0 spiro atoms. The summed E-state index contributed by atoms with van der Waals surface area (Å²) in [5.41, 5.74) is 7.63. The summed E-state index contributed by atoms with van der Waals surface area (Å²) >= 11 is 0. The van der Waals surface area contributed by atoms with Crippen molar-refractivity contribution in [1.29, 1.82) is 0 Å². The molecule has 0 bridgehead atoms. The first-order valence-electron chi connectivity index (χ1n) is 5.74. The second kappa shape index (κ2) is 5.02. The number of nitrogens with two attached hydrogens (primary N) is 1. The topological polar surface area (TPSA) is 92.1 Å². The van der Waals surface area contributed by atoms with E-state index in [2.05, 4.69) is 10.2 Å². The van der Waals surface area contributed by atoms with E-state index in [1.54, 1.807) is 12.1 Å². The highest BCUT2D eigenvalue weighted by Gasteiger charge is 2.25. The molecular formula is C12H16N4O2S. The number of anilines is 1. The molecule has 0 aliphatic carbocycles. The Morgan fingerprint density at radius 2 is 1.95 bits per heavy atom. The highest BCUT2D eigenvalue weighted by atomic mass is 32.2. The molecule has 1 heterocycles. The van der Waals surface area contributed by atoms with Crippen molar-refractivity contribution in [2.24, 2.45) is 5.73 Å². The minimum absolute atomic E-state index is 0.0399. The predicted octanol–water partition coefficient (Wildman–Crippen LogP) is 1.00. The van der Waals surface area contributed by atoms with Crippen molar-refractivity contribution < 1.29 is 8.42 Å². The molecule has 1 aromatic carbocycles. The van der Waals surface area contributed by atoms with Crippen molar-refractivity contribution in [2.45, 2.75) is 18.5 Å². The number of nitrogens with zero attached hydrogens (tertiary/aromatic N) is 2. The van der Waals surface area contributed by atoms with Crippen molar-refractivity contribution >= 4 is 15.7 Å². The predicted molar refractivity (Wildman–Crippen MR) is 73.2 cm³/mol. The molecule has 102 valence electrons. The number of nitrogens with one attached hydrogen (secondary N) is 1. The third kappa shape index (κ3) is 2.47. The van der Waals surface area contributed by atoms with Crippen LogP contribution in [0, 0.1) is 6.92 Å². The molecule has 2 aromatic rings. The second-order valence-corrected chi connectivity index (χ2v) is 6.14. The minimum atomic E-state index is -3.67. The van der Waals surface area contributed by atoms with E-state index in [1.807, 2.05) is 19.1 Å². The lowest BCUT2D eigenvalue weighted by Crippen LogP contribution is -2.28. The first kappa shape index (κ1) is 13.6. The summed E-state index contributed by atoms with van der Waals surface area (Å²) in [6.07, 6.45) is 1.43. The van der Waals surface area contributed by atoms with Crippen LogP contribution >= 0.6 is 0 Å². The number of aromatic nitrogens is 2. The molecule has 3 N–H and O–H groups in total. The highest BCUT2D eigenvalue weighted by molar-refractivity contribution is 7.92. The van der Waals surface area contributed by atoms with Crippen LogP contribution in [0.5, 0.6) is 0 Å². The van der Waals surface area contributed by atoms with E-state index in [1.165, 1.54) is 17.5 Å². The zero-order valence-corrected chi connectivity index (χ0v) is 11.6. The molecule has 2 rings (SSSR count). The van der Waals surface area contributed by atoms with Gasteiger partial charge in [0.05, 0.1) is 11.9 Å². The molecule has 1 aromatic heterocycles. The summed E-state index contributed by atoms with van der Waals surface area (Å²) in [4.78, 5) is 0. The van der Waals surface area contributed by atoms with Gasteiger partial charge in [0.25, 0.3) is 10.0 Å². The number of hydrogen-bond donors (Lipinski definition) is 2. The fourth-order valence-corrected chi connectivity index (χ4v) is 3.01. The van der Waals surface area contributed by atoms with Crippen molar-refractivity contribution in [3.8, 4) is 0 Å². The van der Waals surface area contributed by atoms with Crippen LogP contribution in [0.25, 0.3) is 0 Å². The monoisotopic (exact) mass is 280 g/mol. The number of hydrogen-bond acceptors (Lipinski definition) is 4. The number of rotatable bonds is 4. The Morgan fingerprint density at radius 1 is 1.32 bits per heavy atom. The maximum absolute atomic E-state index is 12.5.